The van der Waals surface area contributed by atoms with Gasteiger partial charge in [-0.05, 0) is 6.07 Å². The summed E-state index contributed by atoms with van der Waals surface area (Å²) >= 11 is 1.34. The number of esters is 1. The quantitative estimate of drug-likeness (QED) is 0.709. The van der Waals surface area contributed by atoms with Crippen molar-refractivity contribution in [2.75, 3.05) is 7.11 Å². The second kappa shape index (κ2) is 3.29. The van der Waals surface area contributed by atoms with Crippen molar-refractivity contribution in [1.29, 1.82) is 0 Å². The predicted molar refractivity (Wildman–Crippen MR) is 51.0 cm³/mol. The van der Waals surface area contributed by atoms with Gasteiger partial charge in [-0.1, -0.05) is 11.3 Å². The molecule has 0 aromatic carbocycles. The van der Waals surface area contributed by atoms with Crippen molar-refractivity contribution in [3.63, 3.8) is 0 Å². The SMILES string of the molecule is COC(=O)c1cc2c(F)sc(F)c2s1. The van der Waals surface area contributed by atoms with Crippen LogP contribution in [0.15, 0.2) is 6.07 Å². The summed E-state index contributed by atoms with van der Waals surface area (Å²) in [6.45, 7) is 0. The van der Waals surface area contributed by atoms with Gasteiger partial charge in [0.2, 0.25) is 0 Å². The number of methoxy groups -OCH3 is 1. The van der Waals surface area contributed by atoms with E-state index in [9.17, 15) is 13.6 Å². The Hall–Kier alpha value is -1.01. The first-order chi connectivity index (χ1) is 6.63. The fraction of sp³-hybridized carbons (Fsp3) is 0.125. The molecule has 0 bridgehead atoms. The first-order valence-corrected chi connectivity index (χ1v) is 5.22. The summed E-state index contributed by atoms with van der Waals surface area (Å²) in [5, 5.41) is -1.06. The smallest absolute Gasteiger partial charge is 0.348 e. The lowest BCUT2D eigenvalue weighted by Gasteiger charge is -1.91. The van der Waals surface area contributed by atoms with Crippen LogP contribution in [0.25, 0.3) is 10.1 Å². The third kappa shape index (κ3) is 1.31. The molecule has 0 saturated heterocycles. The van der Waals surface area contributed by atoms with Crippen LogP contribution in [-0.2, 0) is 4.74 Å². The number of halogens is 2. The van der Waals surface area contributed by atoms with E-state index >= 15 is 0 Å². The monoisotopic (exact) mass is 234 g/mol. The predicted octanol–water partition coefficient (Wildman–Crippen LogP) is 3.03. The topological polar surface area (TPSA) is 26.3 Å². The highest BCUT2D eigenvalue weighted by atomic mass is 32.1. The normalized spacial score (nSPS) is 10.8. The number of carbonyl (C=O) groups excluding carboxylic acids is 1. The van der Waals surface area contributed by atoms with Crippen LogP contribution in [0.1, 0.15) is 9.67 Å². The van der Waals surface area contributed by atoms with E-state index in [1.54, 1.807) is 0 Å². The lowest BCUT2D eigenvalue weighted by Crippen LogP contribution is -1.96. The molecule has 0 aliphatic carbocycles. The Morgan fingerprint density at radius 2 is 2.07 bits per heavy atom. The van der Waals surface area contributed by atoms with Crippen molar-refractivity contribution < 1.29 is 18.3 Å². The summed E-state index contributed by atoms with van der Waals surface area (Å²) in [6.07, 6.45) is 0. The molecule has 0 spiro atoms. The third-order valence-corrected chi connectivity index (χ3v) is 3.71. The van der Waals surface area contributed by atoms with Gasteiger partial charge in [-0.15, -0.1) is 11.3 Å². The van der Waals surface area contributed by atoms with Crippen molar-refractivity contribution in [2.45, 2.75) is 0 Å². The van der Waals surface area contributed by atoms with Crippen molar-refractivity contribution in [1.82, 2.24) is 0 Å². The van der Waals surface area contributed by atoms with E-state index in [0.29, 0.717) is 11.3 Å². The van der Waals surface area contributed by atoms with Gasteiger partial charge in [0, 0.05) is 5.39 Å². The number of ether oxygens (including phenoxy) is 1. The Kier molecular flexibility index (Phi) is 2.24. The minimum Gasteiger partial charge on any atom is -0.465 e. The van der Waals surface area contributed by atoms with Gasteiger partial charge < -0.3 is 4.74 Å². The van der Waals surface area contributed by atoms with E-state index < -0.39 is 16.2 Å². The Balaban J connectivity index is 2.63. The molecule has 0 fully saturated rings. The van der Waals surface area contributed by atoms with Crippen molar-refractivity contribution >= 4 is 38.7 Å². The molecule has 2 rings (SSSR count). The highest BCUT2D eigenvalue weighted by molar-refractivity contribution is 7.24. The molecular formula is C8H4F2O2S2. The number of rotatable bonds is 1. The molecule has 14 heavy (non-hydrogen) atoms. The summed E-state index contributed by atoms with van der Waals surface area (Å²) in [5.74, 6) is -0.574. The maximum atomic E-state index is 13.0. The van der Waals surface area contributed by atoms with Crippen molar-refractivity contribution in [3.8, 4) is 0 Å². The van der Waals surface area contributed by atoms with E-state index in [-0.39, 0.29) is 15.0 Å². The molecule has 0 radical (unpaired) electrons. The molecule has 2 aromatic rings. The number of thiophene rings is 2. The van der Waals surface area contributed by atoms with E-state index in [1.165, 1.54) is 13.2 Å². The zero-order chi connectivity index (χ0) is 10.3. The minimum absolute atomic E-state index is 0.151. The molecular weight excluding hydrogens is 230 g/mol. The van der Waals surface area contributed by atoms with Crippen LogP contribution in [0, 0.1) is 10.3 Å². The van der Waals surface area contributed by atoms with E-state index in [1.807, 2.05) is 0 Å². The third-order valence-electron chi connectivity index (χ3n) is 1.69. The lowest BCUT2D eigenvalue weighted by molar-refractivity contribution is 0.0606. The first kappa shape index (κ1) is 9.54. The minimum atomic E-state index is -0.607. The molecule has 2 aromatic heterocycles. The van der Waals surface area contributed by atoms with Crippen LogP contribution in [0.3, 0.4) is 0 Å². The van der Waals surface area contributed by atoms with Gasteiger partial charge in [0.15, 0.2) is 10.3 Å². The van der Waals surface area contributed by atoms with Gasteiger partial charge >= 0.3 is 5.97 Å². The van der Waals surface area contributed by atoms with E-state index in [2.05, 4.69) is 4.74 Å². The zero-order valence-electron chi connectivity index (χ0n) is 6.97. The first-order valence-electron chi connectivity index (χ1n) is 3.59. The second-order valence-corrected chi connectivity index (χ2v) is 4.47. The van der Waals surface area contributed by atoms with Crippen LogP contribution in [0.4, 0.5) is 8.78 Å². The summed E-state index contributed by atoms with van der Waals surface area (Å²) < 4.78 is 30.7. The molecule has 0 amide bonds. The lowest BCUT2D eigenvalue weighted by atomic mass is 10.3. The van der Waals surface area contributed by atoms with E-state index in [0.717, 1.165) is 11.3 Å². The molecule has 0 N–H and O–H groups in total. The van der Waals surface area contributed by atoms with E-state index in [4.69, 9.17) is 0 Å². The second-order valence-electron chi connectivity index (χ2n) is 2.49. The maximum Gasteiger partial charge on any atom is 0.348 e. The molecule has 0 saturated carbocycles. The average Bonchev–Trinajstić information content (AvgIpc) is 2.69. The standard InChI is InChI=1S/C8H4F2O2S2/c1-12-8(11)4-2-3-5(13-4)7(10)14-6(3)9/h2H,1H3. The molecule has 0 atom stereocenters. The Morgan fingerprint density at radius 3 is 2.64 bits per heavy atom. The number of hydrogen-bond donors (Lipinski definition) is 0. The highest BCUT2D eigenvalue weighted by Crippen LogP contribution is 2.35. The largest absolute Gasteiger partial charge is 0.465 e. The fourth-order valence-corrected chi connectivity index (χ4v) is 2.91. The summed E-state index contributed by atoms with van der Waals surface area (Å²) in [4.78, 5) is 11.3. The molecule has 74 valence electrons. The fourth-order valence-electron chi connectivity index (χ4n) is 1.06. The number of hydrogen-bond acceptors (Lipinski definition) is 4. The molecule has 0 unspecified atom stereocenters. The highest BCUT2D eigenvalue weighted by Gasteiger charge is 2.18. The van der Waals surface area contributed by atoms with Gasteiger partial charge in [-0.3, -0.25) is 0 Å². The summed E-state index contributed by atoms with van der Waals surface area (Å²) in [7, 11) is 1.22. The molecule has 2 nitrogen and oxygen atoms in total. The van der Waals surface area contributed by atoms with Crippen LogP contribution < -0.4 is 0 Å². The van der Waals surface area contributed by atoms with Crippen LogP contribution in [-0.4, -0.2) is 13.1 Å². The Bertz CT molecular complexity index is 466. The van der Waals surface area contributed by atoms with Crippen molar-refractivity contribution in [2.24, 2.45) is 0 Å². The van der Waals surface area contributed by atoms with Crippen LogP contribution in [0.5, 0.6) is 0 Å². The van der Waals surface area contributed by atoms with Gasteiger partial charge in [-0.25, -0.2) is 4.79 Å². The van der Waals surface area contributed by atoms with Crippen LogP contribution >= 0.6 is 22.7 Å². The van der Waals surface area contributed by atoms with Gasteiger partial charge in [-0.2, -0.15) is 8.78 Å². The molecule has 0 aliphatic heterocycles. The van der Waals surface area contributed by atoms with Gasteiger partial charge in [0.1, 0.15) is 4.88 Å². The Labute approximate surface area is 85.7 Å². The Morgan fingerprint density at radius 1 is 1.36 bits per heavy atom. The maximum absolute atomic E-state index is 13.0. The zero-order valence-corrected chi connectivity index (χ0v) is 8.60. The molecule has 6 heteroatoms. The average molecular weight is 234 g/mol. The van der Waals surface area contributed by atoms with Gasteiger partial charge in [0.05, 0.1) is 11.8 Å². The number of fused-ring (bicyclic) bond motifs is 1. The summed E-state index contributed by atoms with van der Waals surface area (Å²) in [5.41, 5.74) is 0. The van der Waals surface area contributed by atoms with Crippen molar-refractivity contribution in [3.05, 3.63) is 21.2 Å². The molecule has 0 aliphatic rings. The summed E-state index contributed by atoms with van der Waals surface area (Å²) in [6, 6.07) is 1.31. The molecule has 2 heterocycles. The van der Waals surface area contributed by atoms with Gasteiger partial charge in [0.25, 0.3) is 0 Å². The van der Waals surface area contributed by atoms with Crippen LogP contribution in [0.2, 0.25) is 0 Å². The number of carbonyl (C=O) groups is 1.